The molecular formula is C13H16ClNO2. The molecule has 0 unspecified atom stereocenters. The summed E-state index contributed by atoms with van der Waals surface area (Å²) in [6.07, 6.45) is 2.16. The summed E-state index contributed by atoms with van der Waals surface area (Å²) in [5.74, 6) is 0.595. The summed E-state index contributed by atoms with van der Waals surface area (Å²) in [6.45, 7) is 2.35. The number of aromatic hydroxyl groups is 1. The number of hydrogen-bond donors (Lipinski definition) is 2. The van der Waals surface area contributed by atoms with E-state index in [-0.39, 0.29) is 17.1 Å². The molecule has 1 saturated carbocycles. The van der Waals surface area contributed by atoms with Crippen LogP contribution in [-0.4, -0.2) is 23.4 Å². The molecule has 1 aromatic rings. The Morgan fingerprint density at radius 2 is 2.24 bits per heavy atom. The number of alkyl halides is 1. The molecule has 0 radical (unpaired) electrons. The molecule has 1 fully saturated rings. The van der Waals surface area contributed by atoms with Gasteiger partial charge in [-0.2, -0.15) is 0 Å². The molecule has 1 aliphatic carbocycles. The fourth-order valence-corrected chi connectivity index (χ4v) is 2.13. The monoisotopic (exact) mass is 253 g/mol. The summed E-state index contributed by atoms with van der Waals surface area (Å²) in [5, 5.41) is 12.4. The van der Waals surface area contributed by atoms with Gasteiger partial charge in [0.25, 0.3) is 5.91 Å². The minimum absolute atomic E-state index is 0.113. The molecule has 2 N–H and O–H groups in total. The average molecular weight is 254 g/mol. The van der Waals surface area contributed by atoms with Crippen molar-refractivity contribution >= 4 is 17.5 Å². The zero-order valence-corrected chi connectivity index (χ0v) is 10.5. The summed E-state index contributed by atoms with van der Waals surface area (Å²) >= 11 is 5.85. The molecule has 0 spiro atoms. The number of rotatable bonds is 4. The Hall–Kier alpha value is -1.22. The molecule has 1 aliphatic rings. The summed E-state index contributed by atoms with van der Waals surface area (Å²) in [4.78, 5) is 11.9. The van der Waals surface area contributed by atoms with Crippen LogP contribution in [-0.2, 0) is 0 Å². The number of nitrogens with one attached hydrogen (secondary N) is 1. The molecule has 3 nitrogen and oxygen atoms in total. The average Bonchev–Trinajstić information content (AvgIpc) is 3.10. The first kappa shape index (κ1) is 12.2. The Kier molecular flexibility index (Phi) is 3.29. The molecule has 17 heavy (non-hydrogen) atoms. The molecule has 2 rings (SSSR count). The fourth-order valence-electron chi connectivity index (χ4n) is 1.77. The van der Waals surface area contributed by atoms with Gasteiger partial charge >= 0.3 is 0 Å². The minimum atomic E-state index is -0.144. The van der Waals surface area contributed by atoms with Crippen molar-refractivity contribution in [2.24, 2.45) is 5.41 Å². The van der Waals surface area contributed by atoms with Crippen molar-refractivity contribution in [2.45, 2.75) is 19.8 Å². The van der Waals surface area contributed by atoms with E-state index in [2.05, 4.69) is 5.32 Å². The van der Waals surface area contributed by atoms with Crippen molar-refractivity contribution in [3.8, 4) is 5.75 Å². The number of carbonyl (C=O) groups is 1. The van der Waals surface area contributed by atoms with Crippen LogP contribution in [0.2, 0.25) is 0 Å². The first-order chi connectivity index (χ1) is 8.08. The van der Waals surface area contributed by atoms with Gasteiger partial charge in [-0.25, -0.2) is 0 Å². The standard InChI is InChI=1S/C13H16ClNO2/c1-9-10(3-2-4-11(9)16)12(17)15-8-13(7-14)5-6-13/h2-4,16H,5-8H2,1H3,(H,15,17). The van der Waals surface area contributed by atoms with Crippen molar-refractivity contribution in [1.29, 1.82) is 0 Å². The van der Waals surface area contributed by atoms with Crippen LogP contribution in [0, 0.1) is 12.3 Å². The lowest BCUT2D eigenvalue weighted by Crippen LogP contribution is -2.31. The van der Waals surface area contributed by atoms with Crippen LogP contribution in [0.25, 0.3) is 0 Å². The molecule has 0 heterocycles. The number of hydrogen-bond acceptors (Lipinski definition) is 2. The maximum Gasteiger partial charge on any atom is 0.251 e. The topological polar surface area (TPSA) is 49.3 Å². The molecule has 1 amide bonds. The lowest BCUT2D eigenvalue weighted by Gasteiger charge is -2.13. The Labute approximate surface area is 106 Å². The van der Waals surface area contributed by atoms with Gasteiger partial charge in [-0.1, -0.05) is 6.07 Å². The van der Waals surface area contributed by atoms with Gasteiger partial charge in [-0.15, -0.1) is 11.6 Å². The van der Waals surface area contributed by atoms with Crippen LogP contribution in [0.3, 0.4) is 0 Å². The van der Waals surface area contributed by atoms with Gasteiger partial charge in [0.2, 0.25) is 0 Å². The van der Waals surface area contributed by atoms with E-state index in [1.165, 1.54) is 0 Å². The minimum Gasteiger partial charge on any atom is -0.508 e. The molecule has 0 aliphatic heterocycles. The molecule has 0 atom stereocenters. The van der Waals surface area contributed by atoms with E-state index in [9.17, 15) is 9.90 Å². The third-order valence-electron chi connectivity index (χ3n) is 3.41. The lowest BCUT2D eigenvalue weighted by molar-refractivity contribution is 0.0945. The summed E-state index contributed by atoms with van der Waals surface area (Å²) in [5.41, 5.74) is 1.25. The van der Waals surface area contributed by atoms with E-state index in [0.717, 1.165) is 12.8 Å². The second-order valence-corrected chi connectivity index (χ2v) is 5.03. The smallest absolute Gasteiger partial charge is 0.251 e. The van der Waals surface area contributed by atoms with Gasteiger partial charge in [0.1, 0.15) is 5.75 Å². The highest BCUT2D eigenvalue weighted by Crippen LogP contribution is 2.45. The molecule has 0 saturated heterocycles. The van der Waals surface area contributed by atoms with Gasteiger partial charge < -0.3 is 10.4 Å². The van der Waals surface area contributed by atoms with Crippen molar-refractivity contribution in [3.63, 3.8) is 0 Å². The van der Waals surface area contributed by atoms with Gasteiger partial charge in [-0.05, 0) is 31.9 Å². The third-order valence-corrected chi connectivity index (χ3v) is 3.98. The molecular weight excluding hydrogens is 238 g/mol. The highest BCUT2D eigenvalue weighted by atomic mass is 35.5. The molecule has 0 bridgehead atoms. The molecule has 4 heteroatoms. The maximum atomic E-state index is 11.9. The normalized spacial score (nSPS) is 16.6. The zero-order valence-electron chi connectivity index (χ0n) is 9.79. The zero-order chi connectivity index (χ0) is 12.5. The first-order valence-electron chi connectivity index (χ1n) is 5.71. The number of carbonyl (C=O) groups excluding carboxylic acids is 1. The van der Waals surface area contributed by atoms with Gasteiger partial charge in [0, 0.05) is 29.0 Å². The maximum absolute atomic E-state index is 11.9. The number of phenols is 1. The Balaban J connectivity index is 2.02. The van der Waals surface area contributed by atoms with Gasteiger partial charge in [0.05, 0.1) is 0 Å². The Morgan fingerprint density at radius 1 is 1.53 bits per heavy atom. The number of phenolic OH excluding ortho intramolecular Hbond substituents is 1. The molecule has 1 aromatic carbocycles. The van der Waals surface area contributed by atoms with Crippen LogP contribution in [0.15, 0.2) is 18.2 Å². The van der Waals surface area contributed by atoms with Crippen molar-refractivity contribution < 1.29 is 9.90 Å². The van der Waals surface area contributed by atoms with E-state index < -0.39 is 0 Å². The predicted octanol–water partition coefficient (Wildman–Crippen LogP) is 2.45. The highest BCUT2D eigenvalue weighted by Gasteiger charge is 2.41. The number of benzene rings is 1. The Morgan fingerprint density at radius 3 is 2.82 bits per heavy atom. The quantitative estimate of drug-likeness (QED) is 0.810. The van der Waals surface area contributed by atoms with E-state index in [0.29, 0.717) is 23.6 Å². The van der Waals surface area contributed by atoms with Crippen molar-refractivity contribution in [1.82, 2.24) is 5.32 Å². The van der Waals surface area contributed by atoms with Crippen molar-refractivity contribution in [2.75, 3.05) is 12.4 Å². The molecule has 0 aromatic heterocycles. The summed E-state index contributed by atoms with van der Waals surface area (Å²) < 4.78 is 0. The van der Waals surface area contributed by atoms with Crippen LogP contribution in [0.1, 0.15) is 28.8 Å². The van der Waals surface area contributed by atoms with E-state index in [1.54, 1.807) is 25.1 Å². The summed E-state index contributed by atoms with van der Waals surface area (Å²) in [7, 11) is 0. The van der Waals surface area contributed by atoms with E-state index in [1.807, 2.05) is 0 Å². The van der Waals surface area contributed by atoms with E-state index in [4.69, 9.17) is 11.6 Å². The Bertz CT molecular complexity index is 441. The van der Waals surface area contributed by atoms with Crippen LogP contribution in [0.4, 0.5) is 0 Å². The molecule has 92 valence electrons. The fraction of sp³-hybridized carbons (Fsp3) is 0.462. The van der Waals surface area contributed by atoms with Crippen LogP contribution in [0.5, 0.6) is 5.75 Å². The SMILES string of the molecule is Cc1c(O)cccc1C(=O)NCC1(CCl)CC1. The number of amides is 1. The third kappa shape index (κ3) is 2.55. The highest BCUT2D eigenvalue weighted by molar-refractivity contribution is 6.18. The largest absolute Gasteiger partial charge is 0.508 e. The van der Waals surface area contributed by atoms with Crippen molar-refractivity contribution in [3.05, 3.63) is 29.3 Å². The number of halogens is 1. The first-order valence-corrected chi connectivity index (χ1v) is 6.24. The van der Waals surface area contributed by atoms with Gasteiger partial charge in [-0.3, -0.25) is 4.79 Å². The van der Waals surface area contributed by atoms with Gasteiger partial charge in [0.15, 0.2) is 0 Å². The second kappa shape index (κ2) is 4.57. The van der Waals surface area contributed by atoms with Crippen LogP contribution < -0.4 is 5.32 Å². The second-order valence-electron chi connectivity index (χ2n) is 4.77. The predicted molar refractivity (Wildman–Crippen MR) is 67.6 cm³/mol. The van der Waals surface area contributed by atoms with Crippen LogP contribution >= 0.6 is 11.6 Å². The lowest BCUT2D eigenvalue weighted by atomic mass is 10.1. The van der Waals surface area contributed by atoms with E-state index >= 15 is 0 Å². The summed E-state index contributed by atoms with van der Waals surface area (Å²) in [6, 6.07) is 4.96.